The average Bonchev–Trinajstić information content (AvgIpc) is 2.85. The Morgan fingerprint density at radius 1 is 1.00 bits per heavy atom. The van der Waals surface area contributed by atoms with Crippen molar-refractivity contribution in [2.24, 2.45) is 9.50 Å². The van der Waals surface area contributed by atoms with E-state index in [0.29, 0.717) is 11.3 Å². The third kappa shape index (κ3) is 4.19. The zero-order valence-corrected chi connectivity index (χ0v) is 18.4. The summed E-state index contributed by atoms with van der Waals surface area (Å²) in [5, 5.41) is 15.0. The molecule has 0 aromatic heterocycles. The molecule has 0 saturated heterocycles. The molecule has 1 aliphatic rings. The lowest BCUT2D eigenvalue weighted by atomic mass is 9.78. The molecule has 154 valence electrons. The molecule has 0 saturated carbocycles. The van der Waals surface area contributed by atoms with Crippen molar-refractivity contribution >= 4 is 22.1 Å². The summed E-state index contributed by atoms with van der Waals surface area (Å²) in [6, 6.07) is 10.4. The van der Waals surface area contributed by atoms with Crippen LogP contribution in [0.3, 0.4) is 0 Å². The van der Waals surface area contributed by atoms with Gasteiger partial charge in [-0.1, -0.05) is 53.7 Å². The molecule has 1 aliphatic heterocycles. The van der Waals surface area contributed by atoms with E-state index >= 15 is 0 Å². The lowest BCUT2D eigenvalue weighted by Crippen LogP contribution is -2.19. The van der Waals surface area contributed by atoms with Crippen molar-refractivity contribution in [3.8, 4) is 5.75 Å². The van der Waals surface area contributed by atoms with Crippen LogP contribution in [0.1, 0.15) is 63.8 Å². The van der Waals surface area contributed by atoms with E-state index in [1.165, 1.54) is 6.07 Å². The van der Waals surface area contributed by atoms with Crippen LogP contribution >= 0.6 is 0 Å². The van der Waals surface area contributed by atoms with Gasteiger partial charge in [-0.15, -0.1) is 4.40 Å². The number of rotatable bonds is 2. The molecule has 6 nitrogen and oxygen atoms in total. The van der Waals surface area contributed by atoms with Gasteiger partial charge >= 0.3 is 0 Å². The molecule has 2 aromatic carbocycles. The molecule has 0 aliphatic carbocycles. The number of phenols is 1. The Bertz CT molecular complexity index is 1080. The van der Waals surface area contributed by atoms with Crippen molar-refractivity contribution in [3.63, 3.8) is 0 Å². The second-order valence-corrected chi connectivity index (χ2v) is 10.8. The molecule has 7 heteroatoms. The highest BCUT2D eigenvalue weighted by atomic mass is 32.2. The second-order valence-electron chi connectivity index (χ2n) is 9.25. The number of nitrogens with zero attached hydrogens (tertiary/aromatic N) is 2. The van der Waals surface area contributed by atoms with E-state index in [1.807, 2.05) is 53.7 Å². The Balaban J connectivity index is 1.96. The van der Waals surface area contributed by atoms with Crippen LogP contribution in [0.4, 0.5) is 0 Å². The lowest BCUT2D eigenvalue weighted by molar-refractivity contribution is 0.423. The smallest absolute Gasteiger partial charge is 0.285 e. The van der Waals surface area contributed by atoms with Gasteiger partial charge in [0, 0.05) is 16.7 Å². The Morgan fingerprint density at radius 2 is 1.55 bits per heavy atom. The summed E-state index contributed by atoms with van der Waals surface area (Å²) in [6.45, 7) is 12.3. The highest BCUT2D eigenvalue weighted by Gasteiger charge is 2.28. The maximum atomic E-state index is 12.1. The number of hydrogen-bond acceptors (Lipinski definition) is 5. The molecule has 1 heterocycles. The number of phenolic OH excluding ortho intramolecular Hbond substituents is 1. The summed E-state index contributed by atoms with van der Waals surface area (Å²) in [5.41, 5.74) is 5.23. The standard InChI is InChI=1S/C22H27N3O3S/c1-21(2,3)16-11-14(12-17(19(16)26)22(4,5)6)13-23-24-20-15-9-7-8-10-18(15)29(27,28)25-20/h7-13,26H,1-6H3,(H,24,25). The van der Waals surface area contributed by atoms with Gasteiger partial charge in [0.1, 0.15) is 10.6 Å². The number of hydrogen-bond donors (Lipinski definition) is 2. The molecule has 0 spiro atoms. The number of benzene rings is 2. The number of nitrogens with one attached hydrogen (secondary N) is 1. The van der Waals surface area contributed by atoms with Gasteiger partial charge in [0.2, 0.25) is 0 Å². The van der Waals surface area contributed by atoms with Crippen molar-refractivity contribution in [2.45, 2.75) is 57.3 Å². The van der Waals surface area contributed by atoms with Gasteiger partial charge in [-0.2, -0.15) is 13.5 Å². The van der Waals surface area contributed by atoms with Crippen LogP contribution in [0.2, 0.25) is 0 Å². The normalized spacial score (nSPS) is 16.0. The summed E-state index contributed by atoms with van der Waals surface area (Å²) in [7, 11) is -3.69. The lowest BCUT2D eigenvalue weighted by Gasteiger charge is -2.27. The predicted molar refractivity (Wildman–Crippen MR) is 116 cm³/mol. The van der Waals surface area contributed by atoms with Crippen molar-refractivity contribution in [3.05, 3.63) is 58.7 Å². The van der Waals surface area contributed by atoms with Crippen LogP contribution in [-0.4, -0.2) is 25.6 Å². The number of sulfonamides is 1. The monoisotopic (exact) mass is 413 g/mol. The Morgan fingerprint density at radius 3 is 2.10 bits per heavy atom. The third-order valence-corrected chi connectivity index (χ3v) is 6.10. The number of aromatic hydroxyl groups is 1. The fourth-order valence-electron chi connectivity index (χ4n) is 3.23. The zero-order valence-electron chi connectivity index (χ0n) is 17.6. The van der Waals surface area contributed by atoms with E-state index in [4.69, 9.17) is 0 Å². The van der Waals surface area contributed by atoms with Gasteiger partial charge in [-0.25, -0.2) is 0 Å². The molecule has 0 atom stereocenters. The molecular weight excluding hydrogens is 386 g/mol. The third-order valence-electron chi connectivity index (χ3n) is 4.76. The van der Waals surface area contributed by atoms with Crippen molar-refractivity contribution < 1.29 is 13.5 Å². The Hall–Kier alpha value is -2.67. The van der Waals surface area contributed by atoms with Crippen LogP contribution in [0.15, 0.2) is 50.8 Å². The number of amidine groups is 1. The van der Waals surface area contributed by atoms with Crippen LogP contribution in [0.25, 0.3) is 0 Å². The summed E-state index contributed by atoms with van der Waals surface area (Å²) < 4.78 is 28.0. The second kappa shape index (κ2) is 6.99. The van der Waals surface area contributed by atoms with E-state index in [2.05, 4.69) is 14.9 Å². The molecule has 2 aromatic rings. The van der Waals surface area contributed by atoms with E-state index in [9.17, 15) is 13.5 Å². The van der Waals surface area contributed by atoms with Crippen LogP contribution < -0.4 is 5.43 Å². The Labute approximate surface area is 172 Å². The molecule has 29 heavy (non-hydrogen) atoms. The van der Waals surface area contributed by atoms with Crippen molar-refractivity contribution in [1.82, 2.24) is 5.43 Å². The first-order chi connectivity index (χ1) is 13.3. The molecular formula is C22H27N3O3S. The molecule has 0 amide bonds. The van der Waals surface area contributed by atoms with E-state index in [1.54, 1.807) is 24.4 Å². The summed E-state index contributed by atoms with van der Waals surface area (Å²) >= 11 is 0. The largest absolute Gasteiger partial charge is 0.507 e. The first kappa shape index (κ1) is 21.0. The number of hydrazone groups is 1. The summed E-state index contributed by atoms with van der Waals surface area (Å²) in [5.74, 6) is 0.498. The maximum absolute atomic E-state index is 12.1. The van der Waals surface area contributed by atoms with Crippen molar-refractivity contribution in [1.29, 1.82) is 0 Å². The minimum absolute atomic E-state index is 0.173. The molecule has 3 rings (SSSR count). The highest BCUT2D eigenvalue weighted by molar-refractivity contribution is 7.90. The van der Waals surface area contributed by atoms with Gasteiger partial charge in [0.15, 0.2) is 5.84 Å². The van der Waals surface area contributed by atoms with E-state index in [-0.39, 0.29) is 21.6 Å². The topological polar surface area (TPSA) is 91.1 Å². The van der Waals surface area contributed by atoms with Gasteiger partial charge in [-0.05, 0) is 40.7 Å². The fourth-order valence-corrected chi connectivity index (χ4v) is 4.40. The zero-order chi connectivity index (χ0) is 21.6. The summed E-state index contributed by atoms with van der Waals surface area (Å²) in [6.07, 6.45) is 1.61. The van der Waals surface area contributed by atoms with Gasteiger partial charge in [0.05, 0.1) is 6.21 Å². The fraction of sp³-hybridized carbons (Fsp3) is 0.364. The van der Waals surface area contributed by atoms with Gasteiger partial charge in [-0.3, -0.25) is 5.43 Å². The number of fused-ring (bicyclic) bond motifs is 1. The summed E-state index contributed by atoms with van der Waals surface area (Å²) in [4.78, 5) is 0.173. The van der Waals surface area contributed by atoms with Gasteiger partial charge in [0.25, 0.3) is 10.0 Å². The molecule has 0 bridgehead atoms. The molecule has 0 fully saturated rings. The first-order valence-corrected chi connectivity index (χ1v) is 10.9. The predicted octanol–water partition coefficient (Wildman–Crippen LogP) is 4.06. The first-order valence-electron chi connectivity index (χ1n) is 9.42. The Kier molecular flexibility index (Phi) is 5.07. The quantitative estimate of drug-likeness (QED) is 0.574. The van der Waals surface area contributed by atoms with Crippen LogP contribution in [-0.2, 0) is 20.9 Å². The van der Waals surface area contributed by atoms with E-state index < -0.39 is 10.0 Å². The van der Waals surface area contributed by atoms with Crippen LogP contribution in [0, 0.1) is 0 Å². The minimum atomic E-state index is -3.69. The SMILES string of the molecule is CC(C)(C)c1cc(C=NNC2=NS(=O)(=O)c3ccccc32)cc(C(C)(C)C)c1O. The van der Waals surface area contributed by atoms with Crippen molar-refractivity contribution in [2.75, 3.05) is 0 Å². The maximum Gasteiger partial charge on any atom is 0.285 e. The van der Waals surface area contributed by atoms with Gasteiger partial charge < -0.3 is 5.11 Å². The molecule has 2 N–H and O–H groups in total. The van der Waals surface area contributed by atoms with Crippen LogP contribution in [0.5, 0.6) is 5.75 Å². The highest BCUT2D eigenvalue weighted by Crippen LogP contribution is 2.39. The average molecular weight is 414 g/mol. The minimum Gasteiger partial charge on any atom is -0.507 e. The molecule has 0 unspecified atom stereocenters. The molecule has 0 radical (unpaired) electrons. The van der Waals surface area contributed by atoms with E-state index in [0.717, 1.165) is 16.7 Å².